The van der Waals surface area contributed by atoms with Crippen LogP contribution in [0, 0.1) is 0 Å². The van der Waals surface area contributed by atoms with Crippen LogP contribution in [0.15, 0.2) is 188 Å². The maximum absolute atomic E-state index is 5.12. The van der Waals surface area contributed by atoms with E-state index in [-0.39, 0.29) is 0 Å². The molecule has 0 aliphatic heterocycles. The predicted octanol–water partition coefficient (Wildman–Crippen LogP) is 12.1. The standard InChI is InChI=1S/C49H31N5/c1-3-11-32(12-4-1)34-19-23-37(24-20-34)43-29-44(54-49(53-43)38-25-21-35(22-26-38)33-13-5-2-6-14-33)45-30-51-46(31-50-45)48-41-28-27-36-15-7-8-16-39(36)47(41)40-17-9-10-18-42(40)52-48/h1-31H. The van der Waals surface area contributed by atoms with E-state index in [1.54, 1.807) is 6.20 Å². The maximum atomic E-state index is 5.12. The van der Waals surface area contributed by atoms with Gasteiger partial charge in [0.25, 0.3) is 0 Å². The van der Waals surface area contributed by atoms with Crippen molar-refractivity contribution in [3.63, 3.8) is 0 Å². The van der Waals surface area contributed by atoms with Gasteiger partial charge in [-0.15, -0.1) is 0 Å². The number of benzene rings is 7. The monoisotopic (exact) mass is 689 g/mol. The van der Waals surface area contributed by atoms with Crippen molar-refractivity contribution in [3.05, 3.63) is 188 Å². The van der Waals surface area contributed by atoms with E-state index in [1.807, 2.05) is 30.5 Å². The van der Waals surface area contributed by atoms with Gasteiger partial charge in [-0.2, -0.15) is 0 Å². The molecule has 5 nitrogen and oxygen atoms in total. The Hall–Kier alpha value is -7.37. The van der Waals surface area contributed by atoms with Crippen LogP contribution in [0.3, 0.4) is 0 Å². The van der Waals surface area contributed by atoms with Gasteiger partial charge in [-0.1, -0.05) is 164 Å². The van der Waals surface area contributed by atoms with Crippen LogP contribution >= 0.6 is 0 Å². The van der Waals surface area contributed by atoms with Gasteiger partial charge in [-0.3, -0.25) is 9.97 Å². The second-order valence-electron chi connectivity index (χ2n) is 13.3. The highest BCUT2D eigenvalue weighted by molar-refractivity contribution is 6.22. The average Bonchev–Trinajstić information content (AvgIpc) is 3.26. The topological polar surface area (TPSA) is 64.5 Å². The van der Waals surface area contributed by atoms with E-state index in [0.717, 1.165) is 55.5 Å². The Morgan fingerprint density at radius 1 is 0.315 bits per heavy atom. The zero-order valence-electron chi connectivity index (χ0n) is 29.1. The van der Waals surface area contributed by atoms with E-state index in [1.165, 1.54) is 21.7 Å². The van der Waals surface area contributed by atoms with Crippen LogP contribution in [0.25, 0.3) is 100 Å². The van der Waals surface area contributed by atoms with Crippen molar-refractivity contribution in [2.24, 2.45) is 0 Å². The highest BCUT2D eigenvalue weighted by atomic mass is 14.9. The van der Waals surface area contributed by atoms with Gasteiger partial charge in [-0.05, 0) is 45.2 Å². The summed E-state index contributed by atoms with van der Waals surface area (Å²) in [4.78, 5) is 25.2. The summed E-state index contributed by atoms with van der Waals surface area (Å²) in [7, 11) is 0. The van der Waals surface area contributed by atoms with Crippen molar-refractivity contribution < 1.29 is 0 Å². The van der Waals surface area contributed by atoms with Gasteiger partial charge in [0.1, 0.15) is 11.4 Å². The second kappa shape index (κ2) is 13.3. The van der Waals surface area contributed by atoms with Crippen LogP contribution in [0.5, 0.6) is 0 Å². The number of hydrogen-bond acceptors (Lipinski definition) is 5. The fourth-order valence-electron chi connectivity index (χ4n) is 7.26. The van der Waals surface area contributed by atoms with Crippen LogP contribution in [-0.4, -0.2) is 24.9 Å². The number of aromatic nitrogens is 5. The van der Waals surface area contributed by atoms with Crippen molar-refractivity contribution >= 4 is 32.4 Å². The number of nitrogens with zero attached hydrogens (tertiary/aromatic N) is 5. The van der Waals surface area contributed by atoms with E-state index in [2.05, 4.69) is 152 Å². The summed E-state index contributed by atoms with van der Waals surface area (Å²) in [5.74, 6) is 0.620. The maximum Gasteiger partial charge on any atom is 0.160 e. The average molecular weight is 690 g/mol. The number of para-hydroxylation sites is 1. The third-order valence-electron chi connectivity index (χ3n) is 10.0. The van der Waals surface area contributed by atoms with Crippen LogP contribution in [-0.2, 0) is 0 Å². The van der Waals surface area contributed by atoms with Gasteiger partial charge < -0.3 is 0 Å². The van der Waals surface area contributed by atoms with Crippen molar-refractivity contribution in [1.29, 1.82) is 0 Å². The summed E-state index contributed by atoms with van der Waals surface area (Å²) >= 11 is 0. The zero-order chi connectivity index (χ0) is 35.8. The molecule has 0 unspecified atom stereocenters. The van der Waals surface area contributed by atoms with E-state index >= 15 is 0 Å². The van der Waals surface area contributed by atoms with Gasteiger partial charge in [-0.25, -0.2) is 15.0 Å². The first-order valence-corrected chi connectivity index (χ1v) is 18.0. The smallest absolute Gasteiger partial charge is 0.160 e. The normalized spacial score (nSPS) is 11.3. The van der Waals surface area contributed by atoms with Crippen LogP contribution in [0.1, 0.15) is 0 Å². The minimum absolute atomic E-state index is 0.620. The first-order chi connectivity index (χ1) is 26.7. The minimum atomic E-state index is 0.620. The Morgan fingerprint density at radius 3 is 1.54 bits per heavy atom. The quantitative estimate of drug-likeness (QED) is 0.163. The third-order valence-corrected chi connectivity index (χ3v) is 10.0. The first-order valence-electron chi connectivity index (χ1n) is 18.0. The van der Waals surface area contributed by atoms with Gasteiger partial charge in [0.15, 0.2) is 5.82 Å². The fourth-order valence-corrected chi connectivity index (χ4v) is 7.26. The summed E-state index contributed by atoms with van der Waals surface area (Å²) in [5, 5.41) is 5.70. The number of fused-ring (bicyclic) bond motifs is 5. The third kappa shape index (κ3) is 5.74. The lowest BCUT2D eigenvalue weighted by Gasteiger charge is -2.12. The zero-order valence-corrected chi connectivity index (χ0v) is 29.1. The minimum Gasteiger partial charge on any atom is -0.251 e. The van der Waals surface area contributed by atoms with Gasteiger partial charge >= 0.3 is 0 Å². The van der Waals surface area contributed by atoms with Crippen LogP contribution < -0.4 is 0 Å². The van der Waals surface area contributed by atoms with Gasteiger partial charge in [0.05, 0.1) is 35.0 Å². The Balaban J connectivity index is 1.08. The summed E-state index contributed by atoms with van der Waals surface area (Å²) in [5.41, 5.74) is 11.1. The Morgan fingerprint density at radius 2 is 0.852 bits per heavy atom. The molecule has 0 saturated heterocycles. The SMILES string of the molecule is c1ccc(-c2ccc(-c3cc(-c4cnc(-c5nc6ccccc6c6c5ccc5ccccc56)cn4)nc(-c4ccc(-c5ccccc5)cc4)n3)cc2)cc1. The Kier molecular flexibility index (Phi) is 7.73. The van der Waals surface area contributed by atoms with Crippen molar-refractivity contribution in [1.82, 2.24) is 24.9 Å². The van der Waals surface area contributed by atoms with Crippen molar-refractivity contribution in [3.8, 4) is 67.7 Å². The molecule has 0 aliphatic rings. The number of hydrogen-bond donors (Lipinski definition) is 0. The van der Waals surface area contributed by atoms with Crippen molar-refractivity contribution in [2.75, 3.05) is 0 Å². The molecule has 54 heavy (non-hydrogen) atoms. The molecule has 0 atom stereocenters. The molecule has 10 rings (SSSR count). The molecule has 0 fully saturated rings. The molecule has 0 N–H and O–H groups in total. The van der Waals surface area contributed by atoms with E-state index in [9.17, 15) is 0 Å². The van der Waals surface area contributed by atoms with Crippen LogP contribution in [0.4, 0.5) is 0 Å². The molecule has 10 aromatic rings. The molecule has 3 heterocycles. The molecular weight excluding hydrogens is 659 g/mol. The summed E-state index contributed by atoms with van der Waals surface area (Å²) in [6, 6.07) is 60.8. The first kappa shape index (κ1) is 31.4. The highest BCUT2D eigenvalue weighted by Gasteiger charge is 2.16. The molecule has 252 valence electrons. The molecular formula is C49H31N5. The molecule has 0 aliphatic carbocycles. The molecule has 5 heteroatoms. The molecule has 0 spiro atoms. The van der Waals surface area contributed by atoms with Crippen LogP contribution in [0.2, 0.25) is 0 Å². The lowest BCUT2D eigenvalue weighted by Crippen LogP contribution is -1.99. The summed E-state index contributed by atoms with van der Waals surface area (Å²) in [6.45, 7) is 0. The van der Waals surface area contributed by atoms with E-state index in [0.29, 0.717) is 22.9 Å². The Labute approximate surface area is 312 Å². The lowest BCUT2D eigenvalue weighted by molar-refractivity contribution is 1.14. The lowest BCUT2D eigenvalue weighted by atomic mass is 9.97. The predicted molar refractivity (Wildman–Crippen MR) is 221 cm³/mol. The highest BCUT2D eigenvalue weighted by Crippen LogP contribution is 2.37. The second-order valence-corrected chi connectivity index (χ2v) is 13.3. The number of rotatable bonds is 6. The van der Waals surface area contributed by atoms with E-state index < -0.39 is 0 Å². The molecule has 0 bridgehead atoms. The summed E-state index contributed by atoms with van der Waals surface area (Å²) in [6.07, 6.45) is 3.61. The molecule has 7 aromatic carbocycles. The van der Waals surface area contributed by atoms with E-state index in [4.69, 9.17) is 24.9 Å². The Bertz CT molecular complexity index is 2830. The molecule has 3 aromatic heterocycles. The van der Waals surface area contributed by atoms with Gasteiger partial charge in [0, 0.05) is 27.3 Å². The van der Waals surface area contributed by atoms with Gasteiger partial charge in [0.2, 0.25) is 0 Å². The van der Waals surface area contributed by atoms with Crippen molar-refractivity contribution in [2.45, 2.75) is 0 Å². The molecule has 0 saturated carbocycles. The summed E-state index contributed by atoms with van der Waals surface area (Å²) < 4.78 is 0. The molecule has 0 radical (unpaired) electrons. The largest absolute Gasteiger partial charge is 0.251 e. The fraction of sp³-hybridized carbons (Fsp3) is 0. The number of pyridine rings is 1. The molecule has 0 amide bonds.